The summed E-state index contributed by atoms with van der Waals surface area (Å²) in [6.07, 6.45) is 1.97. The minimum atomic E-state index is -3.17. The molecule has 0 unspecified atom stereocenters. The molecular formula is C22H29NO5S. The van der Waals surface area contributed by atoms with Crippen molar-refractivity contribution in [3.05, 3.63) is 52.6 Å². The van der Waals surface area contributed by atoms with Crippen LogP contribution in [0.2, 0.25) is 0 Å². The lowest BCUT2D eigenvalue weighted by molar-refractivity contribution is -0.139. The summed E-state index contributed by atoms with van der Waals surface area (Å²) in [5, 5.41) is 0. The lowest BCUT2D eigenvalue weighted by Crippen LogP contribution is -2.24. The highest BCUT2D eigenvalue weighted by Crippen LogP contribution is 2.34. The van der Waals surface area contributed by atoms with Crippen LogP contribution in [0.3, 0.4) is 0 Å². The van der Waals surface area contributed by atoms with Gasteiger partial charge in [-0.1, -0.05) is 18.2 Å². The highest BCUT2D eigenvalue weighted by molar-refractivity contribution is 7.88. The first-order chi connectivity index (χ1) is 13.6. The summed E-state index contributed by atoms with van der Waals surface area (Å²) in [6.45, 7) is 6.86. The second-order valence-corrected chi connectivity index (χ2v) is 8.98. The molecule has 0 aliphatic rings. The van der Waals surface area contributed by atoms with E-state index in [0.29, 0.717) is 19.6 Å². The van der Waals surface area contributed by atoms with E-state index in [1.54, 1.807) is 0 Å². The minimum absolute atomic E-state index is 0.247. The second-order valence-electron chi connectivity index (χ2n) is 7.14. The van der Waals surface area contributed by atoms with Gasteiger partial charge in [-0.05, 0) is 72.7 Å². The van der Waals surface area contributed by atoms with Crippen molar-refractivity contribution in [1.82, 2.24) is 4.72 Å². The molecule has 0 saturated heterocycles. The average molecular weight is 420 g/mol. The summed E-state index contributed by atoms with van der Waals surface area (Å²) in [5.74, 6) is 0.499. The van der Waals surface area contributed by atoms with Gasteiger partial charge in [0.25, 0.3) is 0 Å². The van der Waals surface area contributed by atoms with Crippen molar-refractivity contribution in [2.24, 2.45) is 0 Å². The fourth-order valence-electron chi connectivity index (χ4n) is 3.33. The first kappa shape index (κ1) is 22.9. The third-order valence-corrected chi connectivity index (χ3v) is 5.47. The molecule has 2 aromatic rings. The molecule has 0 aromatic heterocycles. The van der Waals surface area contributed by atoms with E-state index in [0.717, 1.165) is 45.4 Å². The van der Waals surface area contributed by atoms with Gasteiger partial charge < -0.3 is 9.47 Å². The van der Waals surface area contributed by atoms with Crippen LogP contribution in [0.5, 0.6) is 5.75 Å². The number of nitrogens with one attached hydrogen (secondary N) is 1. The van der Waals surface area contributed by atoms with Crippen LogP contribution in [-0.4, -0.2) is 40.9 Å². The summed E-state index contributed by atoms with van der Waals surface area (Å²) in [6, 6.07) is 9.93. The topological polar surface area (TPSA) is 81.7 Å². The minimum Gasteiger partial charge on any atom is -0.494 e. The average Bonchev–Trinajstić information content (AvgIpc) is 2.62. The van der Waals surface area contributed by atoms with Gasteiger partial charge in [0.05, 0.1) is 26.4 Å². The Kier molecular flexibility index (Phi) is 7.81. The maximum atomic E-state index is 11.7. The quantitative estimate of drug-likeness (QED) is 0.498. The molecule has 0 amide bonds. The molecule has 0 spiro atoms. The Labute approximate surface area is 173 Å². The van der Waals surface area contributed by atoms with Gasteiger partial charge in [0.2, 0.25) is 10.0 Å². The van der Waals surface area contributed by atoms with Gasteiger partial charge in [-0.3, -0.25) is 4.79 Å². The highest BCUT2D eigenvalue weighted by Gasteiger charge is 2.14. The molecule has 0 bridgehead atoms. The van der Waals surface area contributed by atoms with Crippen molar-refractivity contribution in [2.45, 2.75) is 33.6 Å². The van der Waals surface area contributed by atoms with Gasteiger partial charge in [-0.15, -0.1) is 0 Å². The molecule has 29 heavy (non-hydrogen) atoms. The van der Waals surface area contributed by atoms with Gasteiger partial charge in [0.1, 0.15) is 5.75 Å². The summed E-state index contributed by atoms with van der Waals surface area (Å²) < 4.78 is 35.2. The molecule has 1 N–H and O–H groups in total. The molecular weight excluding hydrogens is 390 g/mol. The first-order valence-corrected chi connectivity index (χ1v) is 11.4. The molecule has 0 saturated carbocycles. The molecule has 6 nitrogen and oxygen atoms in total. The zero-order chi connectivity index (χ0) is 21.6. The fourth-order valence-corrected chi connectivity index (χ4v) is 3.84. The monoisotopic (exact) mass is 419 g/mol. The van der Waals surface area contributed by atoms with Crippen molar-refractivity contribution in [3.8, 4) is 16.9 Å². The van der Waals surface area contributed by atoms with Crippen molar-refractivity contribution in [2.75, 3.05) is 26.5 Å². The Morgan fingerprint density at radius 1 is 1.10 bits per heavy atom. The van der Waals surface area contributed by atoms with Crippen LogP contribution in [0.25, 0.3) is 11.1 Å². The van der Waals surface area contributed by atoms with Crippen molar-refractivity contribution >= 4 is 16.0 Å². The van der Waals surface area contributed by atoms with E-state index in [1.165, 1.54) is 7.11 Å². The molecule has 2 aromatic carbocycles. The smallest absolute Gasteiger partial charge is 0.309 e. The lowest BCUT2D eigenvalue weighted by Gasteiger charge is -2.17. The lowest BCUT2D eigenvalue weighted by atomic mass is 9.89. The highest BCUT2D eigenvalue weighted by atomic mass is 32.2. The van der Waals surface area contributed by atoms with Gasteiger partial charge in [-0.25, -0.2) is 13.1 Å². The standard InChI is InChI=1S/C22H29NO5S/c1-15-12-19(28-11-7-10-23-29(5,25)26)13-16(2)22(15)20-9-6-8-18(17(20)3)14-21(24)27-4/h6,8-9,12-13,23H,7,10-11,14H2,1-5H3. The van der Waals surface area contributed by atoms with Crippen molar-refractivity contribution in [1.29, 1.82) is 0 Å². The molecule has 0 aliphatic carbocycles. The van der Waals surface area contributed by atoms with Crippen LogP contribution in [0, 0.1) is 20.8 Å². The van der Waals surface area contributed by atoms with Crippen molar-refractivity contribution in [3.63, 3.8) is 0 Å². The number of rotatable bonds is 9. The van der Waals surface area contributed by atoms with Crippen LogP contribution >= 0.6 is 0 Å². The number of hydrogen-bond donors (Lipinski definition) is 1. The Bertz CT molecular complexity index is 960. The number of carbonyl (C=O) groups excluding carboxylic acids is 1. The number of methoxy groups -OCH3 is 1. The van der Waals surface area contributed by atoms with E-state index in [2.05, 4.69) is 10.8 Å². The summed E-state index contributed by atoms with van der Waals surface area (Å²) in [4.78, 5) is 11.7. The van der Waals surface area contributed by atoms with Crippen LogP contribution in [-0.2, 0) is 26.0 Å². The number of sulfonamides is 1. The number of ether oxygens (including phenoxy) is 2. The van der Waals surface area contributed by atoms with Gasteiger partial charge in [0, 0.05) is 6.54 Å². The maximum absolute atomic E-state index is 11.7. The Balaban J connectivity index is 2.17. The van der Waals surface area contributed by atoms with Gasteiger partial charge >= 0.3 is 5.97 Å². The largest absolute Gasteiger partial charge is 0.494 e. The first-order valence-electron chi connectivity index (χ1n) is 9.46. The number of benzene rings is 2. The molecule has 0 fully saturated rings. The SMILES string of the molecule is COC(=O)Cc1cccc(-c2c(C)cc(OCCCNS(C)(=O)=O)cc2C)c1C. The van der Waals surface area contributed by atoms with E-state index in [1.807, 2.05) is 45.0 Å². The zero-order valence-electron chi connectivity index (χ0n) is 17.7. The summed E-state index contributed by atoms with van der Waals surface area (Å²) >= 11 is 0. The van der Waals surface area contributed by atoms with E-state index >= 15 is 0 Å². The van der Waals surface area contributed by atoms with Crippen LogP contribution in [0.4, 0.5) is 0 Å². The predicted molar refractivity (Wildman–Crippen MR) is 115 cm³/mol. The number of hydrogen-bond acceptors (Lipinski definition) is 5. The molecule has 158 valence electrons. The summed E-state index contributed by atoms with van der Waals surface area (Å²) in [5.41, 5.74) is 6.38. The zero-order valence-corrected chi connectivity index (χ0v) is 18.5. The molecule has 2 rings (SSSR count). The molecule has 7 heteroatoms. The number of esters is 1. The van der Waals surface area contributed by atoms with E-state index in [-0.39, 0.29) is 12.4 Å². The van der Waals surface area contributed by atoms with Crippen molar-refractivity contribution < 1.29 is 22.7 Å². The summed E-state index contributed by atoms with van der Waals surface area (Å²) in [7, 11) is -1.78. The van der Waals surface area contributed by atoms with Crippen LogP contribution in [0.15, 0.2) is 30.3 Å². The molecule has 0 atom stereocenters. The third-order valence-electron chi connectivity index (χ3n) is 4.74. The second kappa shape index (κ2) is 9.89. The van der Waals surface area contributed by atoms with E-state index < -0.39 is 10.0 Å². The molecule has 0 aliphatic heterocycles. The van der Waals surface area contributed by atoms with Crippen LogP contribution < -0.4 is 9.46 Å². The van der Waals surface area contributed by atoms with E-state index in [4.69, 9.17) is 9.47 Å². The van der Waals surface area contributed by atoms with Gasteiger partial charge in [-0.2, -0.15) is 0 Å². The molecule has 0 heterocycles. The Morgan fingerprint density at radius 2 is 1.76 bits per heavy atom. The Hall–Kier alpha value is -2.38. The maximum Gasteiger partial charge on any atom is 0.309 e. The van der Waals surface area contributed by atoms with Crippen LogP contribution in [0.1, 0.15) is 28.7 Å². The predicted octanol–water partition coefficient (Wildman–Crippen LogP) is 3.31. The number of aryl methyl sites for hydroxylation is 2. The molecule has 0 radical (unpaired) electrons. The number of carbonyl (C=O) groups is 1. The normalized spacial score (nSPS) is 11.3. The fraction of sp³-hybridized carbons (Fsp3) is 0.409. The third kappa shape index (κ3) is 6.58. The Morgan fingerprint density at radius 3 is 2.34 bits per heavy atom. The van der Waals surface area contributed by atoms with Gasteiger partial charge in [0.15, 0.2) is 0 Å². The van der Waals surface area contributed by atoms with E-state index in [9.17, 15) is 13.2 Å².